The minimum absolute atomic E-state index is 0.188. The number of likely N-dealkylation sites (tertiary alicyclic amines) is 2. The van der Waals surface area contributed by atoms with Gasteiger partial charge in [-0.3, -0.25) is 9.78 Å². The fourth-order valence-electron chi connectivity index (χ4n) is 4.10. The second-order valence-corrected chi connectivity index (χ2v) is 7.46. The third-order valence-corrected chi connectivity index (χ3v) is 5.66. The van der Waals surface area contributed by atoms with Crippen molar-refractivity contribution in [3.63, 3.8) is 0 Å². The van der Waals surface area contributed by atoms with Gasteiger partial charge in [0.2, 0.25) is 17.6 Å². The summed E-state index contributed by atoms with van der Waals surface area (Å²) in [5, 5.41) is 3.98. The molecule has 0 aliphatic carbocycles. The van der Waals surface area contributed by atoms with Gasteiger partial charge < -0.3 is 14.3 Å². The number of piperidine rings is 2. The number of rotatable bonds is 5. The molecule has 0 saturated carbocycles. The van der Waals surface area contributed by atoms with Crippen LogP contribution in [0.5, 0.6) is 0 Å². The summed E-state index contributed by atoms with van der Waals surface area (Å²) < 4.78 is 5.29. The number of nitrogens with zero attached hydrogens (tertiary/aromatic N) is 5. The van der Waals surface area contributed by atoms with Gasteiger partial charge in [0, 0.05) is 49.9 Å². The number of carbonyl (C=O) groups is 1. The molecule has 2 saturated heterocycles. The third kappa shape index (κ3) is 4.53. The van der Waals surface area contributed by atoms with Gasteiger partial charge in [-0.15, -0.1) is 0 Å². The SMILES string of the molecule is O=C(CCc1nc(-c2cccnc2)no1)N1CCC(N2CCCCC2)CC1. The largest absolute Gasteiger partial charge is 0.343 e. The van der Waals surface area contributed by atoms with E-state index in [9.17, 15) is 4.79 Å². The summed E-state index contributed by atoms with van der Waals surface area (Å²) in [6.45, 7) is 4.19. The van der Waals surface area contributed by atoms with Gasteiger partial charge in [-0.1, -0.05) is 11.6 Å². The van der Waals surface area contributed by atoms with Crippen LogP contribution < -0.4 is 0 Å². The maximum atomic E-state index is 12.5. The number of amides is 1. The van der Waals surface area contributed by atoms with Crippen LogP contribution >= 0.6 is 0 Å². The Balaban J connectivity index is 1.24. The van der Waals surface area contributed by atoms with E-state index in [4.69, 9.17) is 4.52 Å². The van der Waals surface area contributed by atoms with Crippen molar-refractivity contribution in [1.82, 2.24) is 24.9 Å². The summed E-state index contributed by atoms with van der Waals surface area (Å²) in [5.41, 5.74) is 0.818. The van der Waals surface area contributed by atoms with Crippen molar-refractivity contribution in [2.24, 2.45) is 0 Å². The van der Waals surface area contributed by atoms with E-state index in [1.165, 1.54) is 32.4 Å². The topological polar surface area (TPSA) is 75.4 Å². The fourth-order valence-corrected chi connectivity index (χ4v) is 4.10. The van der Waals surface area contributed by atoms with Gasteiger partial charge in [0.25, 0.3) is 0 Å². The Labute approximate surface area is 159 Å². The van der Waals surface area contributed by atoms with Crippen LogP contribution in [0.15, 0.2) is 29.0 Å². The quantitative estimate of drug-likeness (QED) is 0.806. The lowest BCUT2D eigenvalue weighted by atomic mass is 9.99. The second-order valence-electron chi connectivity index (χ2n) is 7.46. The predicted molar refractivity (Wildman–Crippen MR) is 101 cm³/mol. The van der Waals surface area contributed by atoms with Crippen molar-refractivity contribution in [1.29, 1.82) is 0 Å². The van der Waals surface area contributed by atoms with Crippen molar-refractivity contribution in [3.8, 4) is 11.4 Å². The highest BCUT2D eigenvalue weighted by molar-refractivity contribution is 5.76. The molecule has 1 amide bonds. The molecule has 2 aromatic rings. The van der Waals surface area contributed by atoms with Crippen molar-refractivity contribution in [3.05, 3.63) is 30.4 Å². The first-order valence-corrected chi connectivity index (χ1v) is 10.0. The molecule has 0 unspecified atom stereocenters. The summed E-state index contributed by atoms with van der Waals surface area (Å²) in [6, 6.07) is 4.38. The summed E-state index contributed by atoms with van der Waals surface area (Å²) in [4.78, 5) is 25.6. The molecule has 0 aromatic carbocycles. The van der Waals surface area contributed by atoms with Gasteiger partial charge in [0.1, 0.15) is 0 Å². The molecule has 2 aliphatic rings. The molecule has 4 heterocycles. The normalized spacial score (nSPS) is 19.3. The summed E-state index contributed by atoms with van der Waals surface area (Å²) in [5.74, 6) is 1.21. The Morgan fingerprint density at radius 1 is 1.15 bits per heavy atom. The summed E-state index contributed by atoms with van der Waals surface area (Å²) in [7, 11) is 0. The summed E-state index contributed by atoms with van der Waals surface area (Å²) >= 11 is 0. The first-order chi connectivity index (χ1) is 13.3. The van der Waals surface area contributed by atoms with E-state index in [0.29, 0.717) is 30.6 Å². The Kier molecular flexibility index (Phi) is 5.77. The van der Waals surface area contributed by atoms with E-state index in [1.807, 2.05) is 17.0 Å². The van der Waals surface area contributed by atoms with Crippen molar-refractivity contribution in [2.45, 2.75) is 51.0 Å². The van der Waals surface area contributed by atoms with Crippen LogP contribution in [0.25, 0.3) is 11.4 Å². The van der Waals surface area contributed by atoms with Crippen LogP contribution in [0, 0.1) is 0 Å². The number of pyridine rings is 1. The molecule has 0 N–H and O–H groups in total. The molecule has 0 bridgehead atoms. The maximum absolute atomic E-state index is 12.5. The van der Waals surface area contributed by atoms with E-state index in [2.05, 4.69) is 20.0 Å². The van der Waals surface area contributed by atoms with Gasteiger partial charge in [0.15, 0.2) is 0 Å². The van der Waals surface area contributed by atoms with E-state index in [0.717, 1.165) is 31.5 Å². The molecule has 7 heteroatoms. The summed E-state index contributed by atoms with van der Waals surface area (Å²) in [6.07, 6.45) is 10.5. The fraction of sp³-hybridized carbons (Fsp3) is 0.600. The molecule has 4 rings (SSSR count). The second kappa shape index (κ2) is 8.61. The number of aryl methyl sites for hydroxylation is 1. The van der Waals surface area contributed by atoms with E-state index < -0.39 is 0 Å². The van der Waals surface area contributed by atoms with Gasteiger partial charge in [-0.25, -0.2) is 0 Å². The third-order valence-electron chi connectivity index (χ3n) is 5.66. The Hall–Kier alpha value is -2.28. The lowest BCUT2D eigenvalue weighted by Crippen LogP contribution is -2.48. The molecular weight excluding hydrogens is 342 g/mol. The Bertz CT molecular complexity index is 734. The molecule has 2 aromatic heterocycles. The number of carbonyl (C=O) groups excluding carboxylic acids is 1. The molecule has 0 spiro atoms. The molecule has 27 heavy (non-hydrogen) atoms. The van der Waals surface area contributed by atoms with Crippen LogP contribution in [0.2, 0.25) is 0 Å². The van der Waals surface area contributed by atoms with Crippen LogP contribution in [-0.2, 0) is 11.2 Å². The van der Waals surface area contributed by atoms with E-state index >= 15 is 0 Å². The molecule has 2 aliphatic heterocycles. The van der Waals surface area contributed by atoms with Crippen LogP contribution in [0.4, 0.5) is 0 Å². The Morgan fingerprint density at radius 2 is 1.96 bits per heavy atom. The molecule has 0 radical (unpaired) electrons. The average molecular weight is 369 g/mol. The predicted octanol–water partition coefficient (Wildman–Crippen LogP) is 2.54. The highest BCUT2D eigenvalue weighted by atomic mass is 16.5. The van der Waals surface area contributed by atoms with Crippen LogP contribution in [-0.4, -0.2) is 63.1 Å². The lowest BCUT2D eigenvalue weighted by Gasteiger charge is -2.40. The van der Waals surface area contributed by atoms with Gasteiger partial charge >= 0.3 is 0 Å². The zero-order valence-electron chi connectivity index (χ0n) is 15.7. The zero-order valence-corrected chi connectivity index (χ0v) is 15.7. The molecule has 0 atom stereocenters. The lowest BCUT2D eigenvalue weighted by molar-refractivity contribution is -0.132. The number of hydrogen-bond acceptors (Lipinski definition) is 6. The van der Waals surface area contributed by atoms with Crippen LogP contribution in [0.1, 0.15) is 44.4 Å². The number of hydrogen-bond donors (Lipinski definition) is 0. The first-order valence-electron chi connectivity index (χ1n) is 10.0. The highest BCUT2D eigenvalue weighted by Gasteiger charge is 2.27. The van der Waals surface area contributed by atoms with Gasteiger partial charge in [0.05, 0.1) is 0 Å². The maximum Gasteiger partial charge on any atom is 0.227 e. The molecule has 144 valence electrons. The number of aromatic nitrogens is 3. The van der Waals surface area contributed by atoms with Crippen LogP contribution in [0.3, 0.4) is 0 Å². The first kappa shape index (κ1) is 18.1. The smallest absolute Gasteiger partial charge is 0.227 e. The van der Waals surface area contributed by atoms with Gasteiger partial charge in [-0.2, -0.15) is 4.98 Å². The van der Waals surface area contributed by atoms with Gasteiger partial charge in [-0.05, 0) is 50.9 Å². The van der Waals surface area contributed by atoms with Crippen molar-refractivity contribution >= 4 is 5.91 Å². The zero-order chi connectivity index (χ0) is 18.5. The average Bonchev–Trinajstić information content (AvgIpc) is 3.22. The minimum Gasteiger partial charge on any atom is -0.343 e. The van der Waals surface area contributed by atoms with E-state index in [-0.39, 0.29) is 5.91 Å². The monoisotopic (exact) mass is 369 g/mol. The minimum atomic E-state index is 0.188. The molecule has 2 fully saturated rings. The molecule has 7 nitrogen and oxygen atoms in total. The van der Waals surface area contributed by atoms with Crippen molar-refractivity contribution < 1.29 is 9.32 Å². The standard InChI is InChI=1S/C20H27N5O2/c26-19(25-13-8-17(9-14-25)24-11-2-1-3-12-24)7-6-18-22-20(23-27-18)16-5-4-10-21-15-16/h4-5,10,15,17H,1-3,6-9,11-14H2. The highest BCUT2D eigenvalue weighted by Crippen LogP contribution is 2.21. The molecular formula is C20H27N5O2. The van der Waals surface area contributed by atoms with E-state index in [1.54, 1.807) is 12.4 Å². The Morgan fingerprint density at radius 3 is 2.70 bits per heavy atom. The van der Waals surface area contributed by atoms with Crippen molar-refractivity contribution in [2.75, 3.05) is 26.2 Å².